The molecule has 0 aromatic heterocycles. The highest BCUT2D eigenvalue weighted by Gasteiger charge is 2.09. The standard InChI is InChI=1S/C19H24/c1-12-7-8-13(2)19(17(12)6)11-18-10-15(4)14(3)9-16(18)5/h7-10H,11H2,1-6H3. The van der Waals surface area contributed by atoms with Crippen molar-refractivity contribution in [2.45, 2.75) is 48.0 Å². The van der Waals surface area contributed by atoms with E-state index in [4.69, 9.17) is 0 Å². The van der Waals surface area contributed by atoms with E-state index >= 15 is 0 Å². The number of rotatable bonds is 2. The van der Waals surface area contributed by atoms with Crippen LogP contribution in [0.1, 0.15) is 44.5 Å². The Bertz CT molecular complexity index is 618. The van der Waals surface area contributed by atoms with E-state index in [-0.39, 0.29) is 0 Å². The molecule has 0 N–H and O–H groups in total. The Kier molecular flexibility index (Phi) is 3.80. The Labute approximate surface area is 117 Å². The summed E-state index contributed by atoms with van der Waals surface area (Å²) in [5, 5.41) is 0. The Morgan fingerprint density at radius 3 is 1.89 bits per heavy atom. The zero-order valence-electron chi connectivity index (χ0n) is 13.0. The molecule has 0 nitrogen and oxygen atoms in total. The molecule has 0 aliphatic carbocycles. The van der Waals surface area contributed by atoms with Gasteiger partial charge in [-0.25, -0.2) is 0 Å². The third kappa shape index (κ3) is 2.73. The summed E-state index contributed by atoms with van der Waals surface area (Å²) in [6.07, 6.45) is 1.05. The third-order valence-corrected chi connectivity index (χ3v) is 4.42. The average Bonchev–Trinajstić information content (AvgIpc) is 2.36. The first-order valence-electron chi connectivity index (χ1n) is 7.02. The lowest BCUT2D eigenvalue weighted by Gasteiger charge is -2.15. The van der Waals surface area contributed by atoms with E-state index in [0.717, 1.165) is 6.42 Å². The zero-order valence-corrected chi connectivity index (χ0v) is 13.0. The van der Waals surface area contributed by atoms with Gasteiger partial charge in [-0.15, -0.1) is 0 Å². The molecule has 0 fully saturated rings. The smallest absolute Gasteiger partial charge is 0.00177 e. The Hall–Kier alpha value is -1.56. The van der Waals surface area contributed by atoms with Crippen LogP contribution in [0.5, 0.6) is 0 Å². The fraction of sp³-hybridized carbons (Fsp3) is 0.368. The lowest BCUT2D eigenvalue weighted by Crippen LogP contribution is -2.00. The molecule has 0 saturated heterocycles. The van der Waals surface area contributed by atoms with Crippen LogP contribution in [-0.4, -0.2) is 0 Å². The van der Waals surface area contributed by atoms with Crippen LogP contribution in [-0.2, 0) is 6.42 Å². The summed E-state index contributed by atoms with van der Waals surface area (Å²) >= 11 is 0. The van der Waals surface area contributed by atoms with E-state index in [1.54, 1.807) is 0 Å². The van der Waals surface area contributed by atoms with Gasteiger partial charge in [-0.1, -0.05) is 24.3 Å². The first kappa shape index (κ1) is 13.9. The molecule has 0 aliphatic rings. The molecule has 2 aromatic carbocycles. The summed E-state index contributed by atoms with van der Waals surface area (Å²) < 4.78 is 0. The monoisotopic (exact) mass is 252 g/mol. The van der Waals surface area contributed by atoms with Crippen molar-refractivity contribution in [3.8, 4) is 0 Å². The van der Waals surface area contributed by atoms with Crippen molar-refractivity contribution in [1.29, 1.82) is 0 Å². The predicted molar refractivity (Wildman–Crippen MR) is 84.1 cm³/mol. The van der Waals surface area contributed by atoms with Crippen LogP contribution < -0.4 is 0 Å². The van der Waals surface area contributed by atoms with Gasteiger partial charge in [-0.3, -0.25) is 0 Å². The Morgan fingerprint density at radius 1 is 0.632 bits per heavy atom. The molecule has 0 atom stereocenters. The SMILES string of the molecule is Cc1cc(C)c(Cc2c(C)ccc(C)c2C)cc1C. The molecule has 2 aromatic rings. The number of hydrogen-bond acceptors (Lipinski definition) is 0. The van der Waals surface area contributed by atoms with E-state index < -0.39 is 0 Å². The van der Waals surface area contributed by atoms with Crippen molar-refractivity contribution < 1.29 is 0 Å². The van der Waals surface area contributed by atoms with Gasteiger partial charge in [-0.2, -0.15) is 0 Å². The molecule has 0 heteroatoms. The molecule has 0 spiro atoms. The van der Waals surface area contributed by atoms with Crippen molar-refractivity contribution in [1.82, 2.24) is 0 Å². The molecule has 0 bridgehead atoms. The van der Waals surface area contributed by atoms with Gasteiger partial charge in [0.25, 0.3) is 0 Å². The topological polar surface area (TPSA) is 0 Å². The maximum Gasteiger partial charge on any atom is -0.00177 e. The van der Waals surface area contributed by atoms with Crippen molar-refractivity contribution >= 4 is 0 Å². The van der Waals surface area contributed by atoms with E-state index in [2.05, 4.69) is 65.8 Å². The van der Waals surface area contributed by atoms with E-state index in [1.807, 2.05) is 0 Å². The van der Waals surface area contributed by atoms with Crippen LogP contribution in [0.15, 0.2) is 24.3 Å². The number of benzene rings is 2. The number of aryl methyl sites for hydroxylation is 5. The average molecular weight is 252 g/mol. The number of hydrogen-bond donors (Lipinski definition) is 0. The third-order valence-electron chi connectivity index (χ3n) is 4.42. The quantitative estimate of drug-likeness (QED) is 0.695. The molecule has 0 amide bonds. The Balaban J connectivity index is 2.48. The van der Waals surface area contributed by atoms with Crippen LogP contribution in [0.25, 0.3) is 0 Å². The molecule has 0 saturated carbocycles. The normalized spacial score (nSPS) is 10.8. The molecule has 19 heavy (non-hydrogen) atoms. The molecule has 0 unspecified atom stereocenters. The van der Waals surface area contributed by atoms with Crippen LogP contribution in [0.3, 0.4) is 0 Å². The maximum atomic E-state index is 2.35. The van der Waals surface area contributed by atoms with Gasteiger partial charge in [0.1, 0.15) is 0 Å². The maximum absolute atomic E-state index is 2.35. The highest BCUT2D eigenvalue weighted by atomic mass is 14.1. The van der Waals surface area contributed by atoms with Crippen molar-refractivity contribution in [2.24, 2.45) is 0 Å². The second-order valence-corrected chi connectivity index (χ2v) is 5.84. The lowest BCUT2D eigenvalue weighted by molar-refractivity contribution is 1.07. The molecule has 0 heterocycles. The molecular formula is C19H24. The van der Waals surface area contributed by atoms with Gasteiger partial charge in [0.05, 0.1) is 0 Å². The molecule has 100 valence electrons. The summed E-state index contributed by atoms with van der Waals surface area (Å²) in [7, 11) is 0. The summed E-state index contributed by atoms with van der Waals surface area (Å²) in [5.41, 5.74) is 11.4. The van der Waals surface area contributed by atoms with Crippen molar-refractivity contribution in [3.63, 3.8) is 0 Å². The van der Waals surface area contributed by atoms with Gasteiger partial charge in [0.15, 0.2) is 0 Å². The van der Waals surface area contributed by atoms with E-state index in [1.165, 1.54) is 44.5 Å². The second kappa shape index (κ2) is 5.21. The summed E-state index contributed by atoms with van der Waals surface area (Å²) in [5.74, 6) is 0. The fourth-order valence-electron chi connectivity index (χ4n) is 2.68. The van der Waals surface area contributed by atoms with Gasteiger partial charge in [-0.05, 0) is 92.5 Å². The van der Waals surface area contributed by atoms with Crippen LogP contribution in [0.2, 0.25) is 0 Å². The minimum absolute atomic E-state index is 1.05. The van der Waals surface area contributed by atoms with Crippen LogP contribution in [0, 0.1) is 41.5 Å². The van der Waals surface area contributed by atoms with Gasteiger partial charge in [0, 0.05) is 0 Å². The minimum Gasteiger partial charge on any atom is -0.0588 e. The van der Waals surface area contributed by atoms with E-state index in [9.17, 15) is 0 Å². The predicted octanol–water partition coefficient (Wildman–Crippen LogP) is 5.13. The largest absolute Gasteiger partial charge is 0.0588 e. The van der Waals surface area contributed by atoms with Gasteiger partial charge in [0.2, 0.25) is 0 Å². The van der Waals surface area contributed by atoms with E-state index in [0.29, 0.717) is 0 Å². The van der Waals surface area contributed by atoms with Crippen molar-refractivity contribution in [2.75, 3.05) is 0 Å². The summed E-state index contributed by atoms with van der Waals surface area (Å²) in [6, 6.07) is 9.13. The summed E-state index contributed by atoms with van der Waals surface area (Å²) in [4.78, 5) is 0. The summed E-state index contributed by atoms with van der Waals surface area (Å²) in [6.45, 7) is 13.3. The van der Waals surface area contributed by atoms with Crippen LogP contribution >= 0.6 is 0 Å². The van der Waals surface area contributed by atoms with Crippen molar-refractivity contribution in [3.05, 3.63) is 68.8 Å². The first-order chi connectivity index (χ1) is 8.90. The minimum atomic E-state index is 1.05. The molecule has 2 rings (SSSR count). The Morgan fingerprint density at radius 2 is 1.21 bits per heavy atom. The van der Waals surface area contributed by atoms with Crippen LogP contribution in [0.4, 0.5) is 0 Å². The first-order valence-corrected chi connectivity index (χ1v) is 7.02. The highest BCUT2D eigenvalue weighted by molar-refractivity contribution is 5.45. The fourth-order valence-corrected chi connectivity index (χ4v) is 2.68. The van der Waals surface area contributed by atoms with Gasteiger partial charge >= 0.3 is 0 Å². The highest BCUT2D eigenvalue weighted by Crippen LogP contribution is 2.24. The molecule has 0 aliphatic heterocycles. The zero-order chi connectivity index (χ0) is 14.2. The molecular weight excluding hydrogens is 228 g/mol. The second-order valence-electron chi connectivity index (χ2n) is 5.84. The lowest BCUT2D eigenvalue weighted by atomic mass is 9.90. The van der Waals surface area contributed by atoms with Gasteiger partial charge < -0.3 is 0 Å². The molecule has 0 radical (unpaired) electrons.